The second-order valence-corrected chi connectivity index (χ2v) is 8.08. The monoisotopic (exact) mass is 407 g/mol. The van der Waals surface area contributed by atoms with Crippen LogP contribution in [0.2, 0.25) is 0 Å². The Bertz CT molecular complexity index is 1140. The molecule has 0 spiro atoms. The number of benzene rings is 2. The summed E-state index contributed by atoms with van der Waals surface area (Å²) in [5.41, 5.74) is 1.38. The van der Waals surface area contributed by atoms with Gasteiger partial charge in [-0.25, -0.2) is 4.79 Å². The highest BCUT2D eigenvalue weighted by molar-refractivity contribution is 6.12. The van der Waals surface area contributed by atoms with Gasteiger partial charge in [0.05, 0.1) is 5.56 Å². The molecule has 0 fully saturated rings. The quantitative estimate of drug-likeness (QED) is 0.680. The minimum atomic E-state index is -0.572. The molecule has 0 radical (unpaired) electrons. The summed E-state index contributed by atoms with van der Waals surface area (Å²) < 4.78 is 5.36. The van der Waals surface area contributed by atoms with Gasteiger partial charge in [0.15, 0.2) is 0 Å². The molecule has 7 heteroatoms. The molecular formula is C23H25N3O4. The van der Waals surface area contributed by atoms with E-state index >= 15 is 0 Å². The van der Waals surface area contributed by atoms with Gasteiger partial charge < -0.3 is 19.9 Å². The van der Waals surface area contributed by atoms with Gasteiger partial charge in [0.1, 0.15) is 5.60 Å². The fraction of sp³-hybridized carbons (Fsp3) is 0.261. The summed E-state index contributed by atoms with van der Waals surface area (Å²) in [6, 6.07) is 15.6. The molecule has 3 aromatic rings. The number of fused-ring (bicyclic) bond motifs is 1. The molecule has 0 aliphatic rings. The number of nitrogens with one attached hydrogen (secondary N) is 2. The molecule has 0 aliphatic carbocycles. The van der Waals surface area contributed by atoms with Crippen LogP contribution in [0, 0.1) is 0 Å². The highest BCUT2D eigenvalue weighted by atomic mass is 16.6. The molecule has 1 heterocycles. The molecule has 0 unspecified atom stereocenters. The molecule has 156 valence electrons. The summed E-state index contributed by atoms with van der Waals surface area (Å²) in [5, 5.41) is 3.49. The molecular weight excluding hydrogens is 382 g/mol. The van der Waals surface area contributed by atoms with Crippen molar-refractivity contribution in [3.63, 3.8) is 0 Å². The SMILES string of the molecule is CN(Cc1cccc(NC(=O)c2cc(=O)[nH]c3ccccc23)c1)C(=O)OC(C)(C)C. The molecule has 1 aromatic heterocycles. The zero-order valence-corrected chi connectivity index (χ0v) is 17.5. The first-order valence-corrected chi connectivity index (χ1v) is 9.59. The van der Waals surface area contributed by atoms with Crippen molar-refractivity contribution in [1.29, 1.82) is 0 Å². The lowest BCUT2D eigenvalue weighted by molar-refractivity contribution is 0.0285. The molecule has 0 saturated heterocycles. The number of hydrogen-bond donors (Lipinski definition) is 2. The van der Waals surface area contributed by atoms with E-state index in [1.165, 1.54) is 11.0 Å². The van der Waals surface area contributed by atoms with Crippen molar-refractivity contribution in [3.8, 4) is 0 Å². The predicted octanol–water partition coefficient (Wildman–Crippen LogP) is 4.15. The van der Waals surface area contributed by atoms with Crippen molar-refractivity contribution in [3.05, 3.63) is 76.1 Å². The first-order chi connectivity index (χ1) is 14.1. The van der Waals surface area contributed by atoms with Crippen LogP contribution in [0.4, 0.5) is 10.5 Å². The van der Waals surface area contributed by atoms with Gasteiger partial charge in [-0.15, -0.1) is 0 Å². The first kappa shape index (κ1) is 21.1. The number of para-hydroxylation sites is 1. The minimum Gasteiger partial charge on any atom is -0.444 e. The predicted molar refractivity (Wildman–Crippen MR) is 117 cm³/mol. The number of aromatic amines is 1. The average molecular weight is 407 g/mol. The van der Waals surface area contributed by atoms with Crippen molar-refractivity contribution < 1.29 is 14.3 Å². The van der Waals surface area contributed by atoms with E-state index in [1.54, 1.807) is 43.4 Å². The first-order valence-electron chi connectivity index (χ1n) is 9.59. The molecule has 0 bridgehead atoms. The van der Waals surface area contributed by atoms with E-state index in [4.69, 9.17) is 4.74 Å². The van der Waals surface area contributed by atoms with Crippen LogP contribution in [0.25, 0.3) is 10.9 Å². The fourth-order valence-corrected chi connectivity index (χ4v) is 3.02. The maximum Gasteiger partial charge on any atom is 0.410 e. The number of carbonyl (C=O) groups excluding carboxylic acids is 2. The normalized spacial score (nSPS) is 11.2. The summed E-state index contributed by atoms with van der Waals surface area (Å²) in [5.74, 6) is -0.380. The number of nitrogens with zero attached hydrogens (tertiary/aromatic N) is 1. The van der Waals surface area contributed by atoms with Crippen LogP contribution in [0.5, 0.6) is 0 Å². The van der Waals surface area contributed by atoms with Gasteiger partial charge in [-0.1, -0.05) is 30.3 Å². The molecule has 2 N–H and O–H groups in total. The Morgan fingerprint density at radius 2 is 1.80 bits per heavy atom. The van der Waals surface area contributed by atoms with Crippen molar-refractivity contribution in [2.75, 3.05) is 12.4 Å². The maximum absolute atomic E-state index is 12.8. The summed E-state index contributed by atoms with van der Waals surface area (Å²) in [6.45, 7) is 5.76. The highest BCUT2D eigenvalue weighted by Gasteiger charge is 2.20. The van der Waals surface area contributed by atoms with E-state index in [-0.39, 0.29) is 11.5 Å². The van der Waals surface area contributed by atoms with Crippen LogP contribution in [0.1, 0.15) is 36.7 Å². The van der Waals surface area contributed by atoms with Gasteiger partial charge in [0.2, 0.25) is 5.56 Å². The van der Waals surface area contributed by atoms with Crippen molar-refractivity contribution >= 4 is 28.6 Å². The Kier molecular flexibility index (Phi) is 5.91. The lowest BCUT2D eigenvalue weighted by Gasteiger charge is -2.24. The Labute approximate surface area is 174 Å². The highest BCUT2D eigenvalue weighted by Crippen LogP contribution is 2.18. The lowest BCUT2D eigenvalue weighted by Crippen LogP contribution is -2.33. The van der Waals surface area contributed by atoms with Crippen LogP contribution in [-0.4, -0.2) is 34.5 Å². The standard InChI is InChI=1S/C23H25N3O4/c1-23(2,3)30-22(29)26(4)14-15-8-7-9-16(12-15)24-21(28)18-13-20(27)25-19-11-6-5-10-17(18)19/h5-13H,14H2,1-4H3,(H,24,28)(H,25,27). The third kappa shape index (κ3) is 5.26. The van der Waals surface area contributed by atoms with E-state index < -0.39 is 11.7 Å². The Morgan fingerprint density at radius 3 is 2.53 bits per heavy atom. The van der Waals surface area contributed by atoms with Gasteiger partial charge in [-0.05, 0) is 44.5 Å². The van der Waals surface area contributed by atoms with Gasteiger partial charge >= 0.3 is 6.09 Å². The van der Waals surface area contributed by atoms with Crippen molar-refractivity contribution in [1.82, 2.24) is 9.88 Å². The lowest BCUT2D eigenvalue weighted by atomic mass is 10.1. The summed E-state index contributed by atoms with van der Waals surface area (Å²) in [7, 11) is 1.65. The second kappa shape index (κ2) is 8.41. The third-order valence-corrected chi connectivity index (χ3v) is 4.30. The van der Waals surface area contributed by atoms with Crippen LogP contribution < -0.4 is 10.9 Å². The van der Waals surface area contributed by atoms with Gasteiger partial charge in [0.25, 0.3) is 5.91 Å². The topological polar surface area (TPSA) is 91.5 Å². The number of ether oxygens (including phenoxy) is 1. The number of H-pyrrole nitrogens is 1. The molecule has 2 amide bonds. The van der Waals surface area contributed by atoms with Gasteiger partial charge in [-0.2, -0.15) is 0 Å². The third-order valence-electron chi connectivity index (χ3n) is 4.30. The molecule has 7 nitrogen and oxygen atoms in total. The number of carbonyl (C=O) groups is 2. The number of rotatable bonds is 4. The van der Waals surface area contributed by atoms with E-state index in [0.717, 1.165) is 5.56 Å². The molecule has 30 heavy (non-hydrogen) atoms. The number of hydrogen-bond acceptors (Lipinski definition) is 4. The van der Waals surface area contributed by atoms with E-state index in [9.17, 15) is 14.4 Å². The number of amides is 2. The van der Waals surface area contributed by atoms with Crippen molar-refractivity contribution in [2.45, 2.75) is 32.9 Å². The van der Waals surface area contributed by atoms with E-state index in [2.05, 4.69) is 10.3 Å². The van der Waals surface area contributed by atoms with Crippen LogP contribution in [0.3, 0.4) is 0 Å². The number of aromatic nitrogens is 1. The number of pyridine rings is 1. The van der Waals surface area contributed by atoms with Gasteiger partial charge in [-0.3, -0.25) is 9.59 Å². The molecule has 3 rings (SSSR count). The molecule has 0 aliphatic heterocycles. The largest absolute Gasteiger partial charge is 0.444 e. The second-order valence-electron chi connectivity index (χ2n) is 8.08. The van der Waals surface area contributed by atoms with Crippen LogP contribution in [-0.2, 0) is 11.3 Å². The summed E-state index contributed by atoms with van der Waals surface area (Å²) in [6.07, 6.45) is -0.424. The number of anilines is 1. The molecule has 0 atom stereocenters. The van der Waals surface area contributed by atoms with E-state index in [1.807, 2.05) is 32.9 Å². The molecule has 2 aromatic carbocycles. The van der Waals surface area contributed by atoms with Crippen molar-refractivity contribution in [2.24, 2.45) is 0 Å². The zero-order valence-electron chi connectivity index (χ0n) is 17.5. The smallest absolute Gasteiger partial charge is 0.410 e. The Balaban J connectivity index is 1.77. The zero-order chi connectivity index (χ0) is 21.9. The molecule has 0 saturated carbocycles. The van der Waals surface area contributed by atoms with Crippen LogP contribution in [0.15, 0.2) is 59.4 Å². The maximum atomic E-state index is 12.8. The average Bonchev–Trinajstić information content (AvgIpc) is 2.66. The Hall–Kier alpha value is -3.61. The van der Waals surface area contributed by atoms with E-state index in [0.29, 0.717) is 28.7 Å². The summed E-state index contributed by atoms with van der Waals surface area (Å²) in [4.78, 5) is 41.1. The Morgan fingerprint density at radius 1 is 1.07 bits per heavy atom. The fourth-order valence-electron chi connectivity index (χ4n) is 3.02. The van der Waals surface area contributed by atoms with Gasteiger partial charge in [0, 0.05) is 36.2 Å². The minimum absolute atomic E-state index is 0.297. The van der Waals surface area contributed by atoms with Crippen LogP contribution >= 0.6 is 0 Å². The summed E-state index contributed by atoms with van der Waals surface area (Å²) >= 11 is 0.